The van der Waals surface area contributed by atoms with Gasteiger partial charge in [0.1, 0.15) is 11.9 Å². The average molecular weight is 528 g/mol. The molecule has 0 radical (unpaired) electrons. The molecule has 2 atom stereocenters. The molecule has 0 saturated heterocycles. The average Bonchev–Trinajstić information content (AvgIpc) is 2.83. The topological polar surface area (TPSA) is 77.5 Å². The van der Waals surface area contributed by atoms with E-state index in [4.69, 9.17) is 18.5 Å². The summed E-state index contributed by atoms with van der Waals surface area (Å²) in [5.41, 5.74) is 0.983. The molecule has 0 saturated carbocycles. The van der Waals surface area contributed by atoms with Crippen molar-refractivity contribution in [1.29, 1.82) is 0 Å². The SMILES string of the molecule is CCCCCCCCCCCCCOc1cccc(CC(COP(O)OCCN(C)C)OC(C)=O)c1. The zero-order chi connectivity index (χ0) is 26.4. The van der Waals surface area contributed by atoms with E-state index < -0.39 is 14.7 Å². The van der Waals surface area contributed by atoms with Crippen molar-refractivity contribution in [3.8, 4) is 5.75 Å². The molecule has 1 rings (SSSR count). The van der Waals surface area contributed by atoms with Crippen molar-refractivity contribution in [3.05, 3.63) is 29.8 Å². The van der Waals surface area contributed by atoms with E-state index in [1.807, 2.05) is 43.3 Å². The predicted octanol–water partition coefficient (Wildman–Crippen LogP) is 6.66. The molecule has 0 fully saturated rings. The largest absolute Gasteiger partial charge is 0.494 e. The van der Waals surface area contributed by atoms with E-state index in [0.717, 1.165) is 17.7 Å². The molecule has 2 unspecified atom stereocenters. The first-order valence-corrected chi connectivity index (χ1v) is 14.8. The summed E-state index contributed by atoms with van der Waals surface area (Å²) in [5, 5.41) is 0. The molecule has 36 heavy (non-hydrogen) atoms. The molecule has 0 aliphatic heterocycles. The van der Waals surface area contributed by atoms with Crippen molar-refractivity contribution >= 4 is 14.6 Å². The first-order valence-electron chi connectivity index (χ1n) is 13.7. The zero-order valence-corrected chi connectivity index (χ0v) is 24.0. The smallest absolute Gasteiger partial charge is 0.330 e. The quantitative estimate of drug-likeness (QED) is 0.0968. The van der Waals surface area contributed by atoms with Gasteiger partial charge >= 0.3 is 14.6 Å². The summed E-state index contributed by atoms with van der Waals surface area (Å²) >= 11 is 0. The predicted molar refractivity (Wildman–Crippen MR) is 147 cm³/mol. The molecule has 0 aromatic heterocycles. The summed E-state index contributed by atoms with van der Waals surface area (Å²) in [4.78, 5) is 23.4. The number of hydrogen-bond acceptors (Lipinski definition) is 7. The number of nitrogens with zero attached hydrogens (tertiary/aromatic N) is 1. The van der Waals surface area contributed by atoms with Crippen LogP contribution in [0.3, 0.4) is 0 Å². The summed E-state index contributed by atoms with van der Waals surface area (Å²) < 4.78 is 22.0. The Morgan fingerprint density at radius 3 is 2.19 bits per heavy atom. The summed E-state index contributed by atoms with van der Waals surface area (Å²) in [7, 11) is 1.84. The third kappa shape index (κ3) is 18.9. The van der Waals surface area contributed by atoms with Crippen LogP contribution in [0.25, 0.3) is 0 Å². The second-order valence-electron chi connectivity index (χ2n) is 9.64. The fraction of sp³-hybridized carbons (Fsp3) is 0.750. The van der Waals surface area contributed by atoms with Crippen LogP contribution in [0.5, 0.6) is 5.75 Å². The van der Waals surface area contributed by atoms with Crippen LogP contribution >= 0.6 is 8.60 Å². The van der Waals surface area contributed by atoms with E-state index >= 15 is 0 Å². The minimum Gasteiger partial charge on any atom is -0.494 e. The third-order valence-corrected chi connectivity index (χ3v) is 6.60. The number of unbranched alkanes of at least 4 members (excludes halogenated alkanes) is 10. The Bertz CT molecular complexity index is 675. The fourth-order valence-corrected chi connectivity index (χ4v) is 4.44. The van der Waals surface area contributed by atoms with E-state index in [9.17, 15) is 9.69 Å². The molecule has 0 aliphatic carbocycles. The van der Waals surface area contributed by atoms with E-state index in [1.165, 1.54) is 71.1 Å². The maximum Gasteiger partial charge on any atom is 0.330 e. The number of carbonyl (C=O) groups excluding carboxylic acids is 1. The Balaban J connectivity index is 2.28. The molecule has 0 aliphatic rings. The number of benzene rings is 1. The monoisotopic (exact) mass is 527 g/mol. The number of ether oxygens (including phenoxy) is 2. The molecule has 7 nitrogen and oxygen atoms in total. The highest BCUT2D eigenvalue weighted by atomic mass is 31.2. The molecular weight excluding hydrogens is 477 g/mol. The van der Waals surface area contributed by atoms with Crippen LogP contribution in [0.15, 0.2) is 24.3 Å². The highest BCUT2D eigenvalue weighted by Gasteiger charge is 2.17. The van der Waals surface area contributed by atoms with Crippen LogP contribution in [0.2, 0.25) is 0 Å². The molecular formula is C28H50NO6P. The minimum absolute atomic E-state index is 0.0631. The normalized spacial score (nSPS) is 13.1. The number of likely N-dealkylation sites (N-methyl/N-ethyl adjacent to an activating group) is 1. The molecule has 1 N–H and O–H groups in total. The standard InChI is InChI=1S/C28H50NO6P/c1-5-6-7-8-9-10-11-12-13-14-15-20-32-27-18-16-17-26(22-27)23-28(35-25(2)30)24-34-36(31)33-21-19-29(3)4/h16-18,22,28,31H,5-15,19-21,23-24H2,1-4H3. The van der Waals surface area contributed by atoms with Crippen molar-refractivity contribution in [3.63, 3.8) is 0 Å². The minimum atomic E-state index is -2.01. The number of carbonyl (C=O) groups is 1. The van der Waals surface area contributed by atoms with Gasteiger partial charge in [-0.2, -0.15) is 0 Å². The molecule has 0 bridgehead atoms. The summed E-state index contributed by atoms with van der Waals surface area (Å²) in [6, 6.07) is 7.84. The van der Waals surface area contributed by atoms with Crippen LogP contribution in [-0.2, 0) is 25.0 Å². The molecule has 0 spiro atoms. The van der Waals surface area contributed by atoms with Gasteiger partial charge in [-0.25, -0.2) is 0 Å². The second kappa shape index (κ2) is 21.8. The van der Waals surface area contributed by atoms with Gasteiger partial charge in [0.2, 0.25) is 0 Å². The van der Waals surface area contributed by atoms with Gasteiger partial charge in [-0.15, -0.1) is 0 Å². The van der Waals surface area contributed by atoms with Crippen LogP contribution in [0.4, 0.5) is 0 Å². The first-order chi connectivity index (χ1) is 17.4. The number of hydrogen-bond donors (Lipinski definition) is 1. The molecule has 1 aromatic carbocycles. The number of rotatable bonds is 23. The highest BCUT2D eigenvalue weighted by molar-refractivity contribution is 7.40. The van der Waals surface area contributed by atoms with E-state index in [0.29, 0.717) is 26.2 Å². The maximum atomic E-state index is 11.5. The van der Waals surface area contributed by atoms with Gasteiger partial charge in [0.05, 0.1) is 19.8 Å². The first kappa shape index (κ1) is 32.8. The maximum absolute atomic E-state index is 11.5. The Morgan fingerprint density at radius 2 is 1.58 bits per heavy atom. The molecule has 1 aromatic rings. The van der Waals surface area contributed by atoms with Gasteiger partial charge in [0, 0.05) is 19.9 Å². The van der Waals surface area contributed by atoms with Gasteiger partial charge in [0.15, 0.2) is 0 Å². The van der Waals surface area contributed by atoms with Gasteiger partial charge in [-0.05, 0) is 38.2 Å². The van der Waals surface area contributed by atoms with Crippen molar-refractivity contribution in [2.75, 3.05) is 40.5 Å². The second-order valence-corrected chi connectivity index (χ2v) is 10.6. The van der Waals surface area contributed by atoms with Gasteiger partial charge in [0.25, 0.3) is 0 Å². The van der Waals surface area contributed by atoms with Gasteiger partial charge in [-0.3, -0.25) is 4.79 Å². The fourth-order valence-electron chi connectivity index (χ4n) is 3.84. The Labute approximate surface area is 220 Å². The van der Waals surface area contributed by atoms with Gasteiger partial charge < -0.3 is 28.3 Å². The van der Waals surface area contributed by atoms with E-state index in [-0.39, 0.29) is 12.6 Å². The third-order valence-electron chi connectivity index (χ3n) is 5.82. The van der Waals surface area contributed by atoms with E-state index in [2.05, 4.69) is 6.92 Å². The van der Waals surface area contributed by atoms with Crippen LogP contribution in [0, 0.1) is 0 Å². The molecule has 208 valence electrons. The van der Waals surface area contributed by atoms with Crippen LogP contribution < -0.4 is 4.74 Å². The highest BCUT2D eigenvalue weighted by Crippen LogP contribution is 2.33. The number of esters is 1. The lowest BCUT2D eigenvalue weighted by Gasteiger charge is -2.19. The Hall–Kier alpha value is -1.24. The summed E-state index contributed by atoms with van der Waals surface area (Å²) in [6.07, 6.45) is 14.4. The van der Waals surface area contributed by atoms with Crippen molar-refractivity contribution in [2.45, 2.75) is 97.0 Å². The van der Waals surface area contributed by atoms with E-state index in [1.54, 1.807) is 0 Å². The van der Waals surface area contributed by atoms with Crippen LogP contribution in [-0.4, -0.2) is 62.3 Å². The Kier molecular flexibility index (Phi) is 19.9. The molecule has 0 amide bonds. The zero-order valence-electron chi connectivity index (χ0n) is 23.1. The Morgan fingerprint density at radius 1 is 0.944 bits per heavy atom. The van der Waals surface area contributed by atoms with Crippen molar-refractivity contribution < 1.29 is 28.2 Å². The van der Waals surface area contributed by atoms with Crippen LogP contribution in [0.1, 0.15) is 90.0 Å². The lowest BCUT2D eigenvalue weighted by atomic mass is 10.1. The van der Waals surface area contributed by atoms with Gasteiger partial charge in [-0.1, -0.05) is 83.3 Å². The lowest BCUT2D eigenvalue weighted by molar-refractivity contribution is -0.147. The molecule has 8 heteroatoms. The summed E-state index contributed by atoms with van der Waals surface area (Å²) in [6.45, 7) is 5.45. The molecule has 0 heterocycles. The lowest BCUT2D eigenvalue weighted by Crippen LogP contribution is -2.24. The van der Waals surface area contributed by atoms with Crippen molar-refractivity contribution in [2.24, 2.45) is 0 Å². The van der Waals surface area contributed by atoms with Crippen molar-refractivity contribution in [1.82, 2.24) is 4.90 Å². The summed E-state index contributed by atoms with van der Waals surface area (Å²) in [5.74, 6) is 0.432.